The van der Waals surface area contributed by atoms with Crippen molar-refractivity contribution >= 4 is 18.0 Å². The van der Waals surface area contributed by atoms with Crippen LogP contribution in [0.15, 0.2) is 74.4 Å². The normalized spacial score (nSPS) is 7.45. The molecule has 0 aliphatic rings. The van der Waals surface area contributed by atoms with Crippen molar-refractivity contribution in [3.8, 4) is 0 Å². The van der Waals surface area contributed by atoms with Gasteiger partial charge in [-0.2, -0.15) is 0 Å². The molecule has 0 heterocycles. The fourth-order valence-corrected chi connectivity index (χ4v) is 0.839. The fraction of sp³-hybridized carbons (Fsp3) is 0.0588. The van der Waals surface area contributed by atoms with E-state index in [2.05, 4.69) is 26.3 Å². The van der Waals surface area contributed by atoms with Crippen LogP contribution in [-0.2, 0) is 9.59 Å². The molecule has 0 saturated heterocycles. The third-order valence-corrected chi connectivity index (χ3v) is 1.86. The Labute approximate surface area is 153 Å². The van der Waals surface area contributed by atoms with E-state index in [1.165, 1.54) is 5.56 Å². The van der Waals surface area contributed by atoms with Crippen LogP contribution in [0.3, 0.4) is 0 Å². The Kier molecular flexibility index (Phi) is 19.6. The number of carboxylic acid groups (broad SMARTS) is 2. The van der Waals surface area contributed by atoms with E-state index in [4.69, 9.17) is 5.11 Å². The number of hydrogen-bond donors (Lipinski definition) is 1. The molecule has 0 aromatic heterocycles. The topological polar surface area (TPSA) is 77.4 Å². The molecular formula is C17H19NaO4. The number of benzene rings is 1. The molecular weight excluding hydrogens is 291 g/mol. The maximum absolute atomic E-state index is 9.84. The summed E-state index contributed by atoms with van der Waals surface area (Å²) < 4.78 is 0. The molecule has 0 aliphatic carbocycles. The quantitative estimate of drug-likeness (QED) is 0.450. The van der Waals surface area contributed by atoms with Gasteiger partial charge >= 0.3 is 35.5 Å². The molecule has 0 radical (unpaired) electrons. The summed E-state index contributed by atoms with van der Waals surface area (Å²) in [6, 6.07) is 10.0. The second-order valence-corrected chi connectivity index (χ2v) is 3.54. The third kappa shape index (κ3) is 18.1. The molecule has 0 atom stereocenters. The summed E-state index contributed by atoms with van der Waals surface area (Å²) in [5.41, 5.74) is 0.808. The molecule has 1 aromatic rings. The summed E-state index contributed by atoms with van der Waals surface area (Å²) in [4.78, 5) is 19.5. The molecule has 1 N–H and O–H groups in total. The second kappa shape index (κ2) is 17.2. The third-order valence-electron chi connectivity index (χ3n) is 1.86. The van der Waals surface area contributed by atoms with Crippen LogP contribution in [0.5, 0.6) is 0 Å². The summed E-state index contributed by atoms with van der Waals surface area (Å²) >= 11 is 0. The second-order valence-electron chi connectivity index (χ2n) is 3.54. The molecule has 0 unspecified atom stereocenters. The van der Waals surface area contributed by atoms with Gasteiger partial charge in [-0.15, -0.1) is 0 Å². The van der Waals surface area contributed by atoms with Gasteiger partial charge in [-0.25, -0.2) is 4.79 Å². The zero-order valence-electron chi connectivity index (χ0n) is 12.8. The minimum absolute atomic E-state index is 0. The van der Waals surface area contributed by atoms with Crippen LogP contribution in [0.1, 0.15) is 12.0 Å². The van der Waals surface area contributed by atoms with Crippen LogP contribution in [0.4, 0.5) is 0 Å². The average molecular weight is 310 g/mol. The first-order valence-electron chi connectivity index (χ1n) is 5.90. The van der Waals surface area contributed by atoms with Crippen molar-refractivity contribution in [3.63, 3.8) is 0 Å². The number of carbonyl (C=O) groups is 2. The predicted molar refractivity (Wildman–Crippen MR) is 83.3 cm³/mol. The number of hydrogen-bond acceptors (Lipinski definition) is 3. The van der Waals surface area contributed by atoms with Gasteiger partial charge in [0.15, 0.2) is 0 Å². The van der Waals surface area contributed by atoms with Crippen molar-refractivity contribution < 1.29 is 49.4 Å². The predicted octanol–water partition coefficient (Wildman–Crippen LogP) is -0.541. The van der Waals surface area contributed by atoms with Gasteiger partial charge in [-0.3, -0.25) is 0 Å². The molecule has 0 fully saturated rings. The van der Waals surface area contributed by atoms with Gasteiger partial charge < -0.3 is 15.0 Å². The minimum atomic E-state index is -1.43. The Morgan fingerprint density at radius 2 is 1.55 bits per heavy atom. The number of allylic oxidation sites excluding steroid dienone is 2. The standard InChI is InChI=1S/C8H8.C5H6O4.C4H6.Na/c1-2-8-6-4-3-5-7-8;1-3(5(8)9)2-4(6)7;1-3-4-2;/h2-7H,1H2;1-2H2,(H,6,7)(H,8,9);3-4H,1-2H2;/q;;;+1/p-1. The Morgan fingerprint density at radius 1 is 1.09 bits per heavy atom. The van der Waals surface area contributed by atoms with E-state index < -0.39 is 18.4 Å². The van der Waals surface area contributed by atoms with Crippen molar-refractivity contribution in [3.05, 3.63) is 79.9 Å². The Bertz CT molecular complexity index is 487. The molecule has 0 saturated carbocycles. The molecule has 4 nitrogen and oxygen atoms in total. The van der Waals surface area contributed by atoms with Crippen molar-refractivity contribution in [2.75, 3.05) is 0 Å². The molecule has 1 rings (SSSR count). The van der Waals surface area contributed by atoms with E-state index in [0.717, 1.165) is 0 Å². The van der Waals surface area contributed by atoms with Crippen LogP contribution in [-0.4, -0.2) is 17.0 Å². The minimum Gasteiger partial charge on any atom is -0.550 e. The van der Waals surface area contributed by atoms with Crippen LogP contribution in [0, 0.1) is 0 Å². The average Bonchev–Trinajstić information content (AvgIpc) is 2.48. The molecule has 112 valence electrons. The van der Waals surface area contributed by atoms with Crippen molar-refractivity contribution in [2.45, 2.75) is 6.42 Å². The van der Waals surface area contributed by atoms with Crippen molar-refractivity contribution in [2.24, 2.45) is 0 Å². The smallest absolute Gasteiger partial charge is 0.550 e. The van der Waals surface area contributed by atoms with Gasteiger partial charge in [-0.1, -0.05) is 74.9 Å². The molecule has 5 heteroatoms. The largest absolute Gasteiger partial charge is 1.00 e. The summed E-state index contributed by atoms with van der Waals surface area (Å²) in [6.45, 7) is 13.3. The molecule has 22 heavy (non-hydrogen) atoms. The van der Waals surface area contributed by atoms with Crippen LogP contribution < -0.4 is 34.7 Å². The van der Waals surface area contributed by atoms with E-state index in [-0.39, 0.29) is 35.1 Å². The van der Waals surface area contributed by atoms with Gasteiger partial charge in [0.25, 0.3) is 0 Å². The van der Waals surface area contributed by atoms with Crippen LogP contribution in [0.25, 0.3) is 6.08 Å². The summed E-state index contributed by atoms with van der Waals surface area (Å²) in [7, 11) is 0. The number of rotatable bonds is 5. The number of aliphatic carboxylic acids is 2. The number of carbonyl (C=O) groups excluding carboxylic acids is 1. The Hall–Kier alpha value is -1.88. The molecule has 0 spiro atoms. The van der Waals surface area contributed by atoms with E-state index in [0.29, 0.717) is 0 Å². The molecule has 1 aromatic carbocycles. The maximum Gasteiger partial charge on any atom is 1.00 e. The molecule has 0 amide bonds. The van der Waals surface area contributed by atoms with Gasteiger partial charge in [0.2, 0.25) is 0 Å². The van der Waals surface area contributed by atoms with E-state index in [1.807, 2.05) is 36.4 Å². The first kappa shape index (κ1) is 25.1. The van der Waals surface area contributed by atoms with Crippen molar-refractivity contribution in [1.29, 1.82) is 0 Å². The van der Waals surface area contributed by atoms with E-state index >= 15 is 0 Å². The number of carboxylic acids is 2. The summed E-state index contributed by atoms with van der Waals surface area (Å²) in [6.07, 6.45) is 4.50. The Morgan fingerprint density at radius 3 is 1.73 bits per heavy atom. The maximum atomic E-state index is 9.84. The zero-order chi connectivity index (χ0) is 16.7. The van der Waals surface area contributed by atoms with E-state index in [9.17, 15) is 14.7 Å². The van der Waals surface area contributed by atoms with Crippen LogP contribution in [0.2, 0.25) is 0 Å². The van der Waals surface area contributed by atoms with Crippen LogP contribution >= 0.6 is 0 Å². The monoisotopic (exact) mass is 310 g/mol. The molecule has 0 bridgehead atoms. The van der Waals surface area contributed by atoms with Gasteiger partial charge in [0, 0.05) is 18.0 Å². The fourth-order valence-electron chi connectivity index (χ4n) is 0.839. The summed E-state index contributed by atoms with van der Waals surface area (Å²) in [5, 5.41) is 17.7. The van der Waals surface area contributed by atoms with Gasteiger partial charge in [0.1, 0.15) is 0 Å². The van der Waals surface area contributed by atoms with Crippen molar-refractivity contribution in [1.82, 2.24) is 0 Å². The molecule has 0 aliphatic heterocycles. The SMILES string of the molecule is C=C(CC(=O)[O-])C(=O)O.C=CC=C.C=Cc1ccccc1.[Na+]. The van der Waals surface area contributed by atoms with Gasteiger partial charge in [0.05, 0.1) is 0 Å². The van der Waals surface area contributed by atoms with Gasteiger partial charge in [-0.05, 0) is 5.56 Å². The summed E-state index contributed by atoms with van der Waals surface area (Å²) in [5.74, 6) is -2.73. The first-order chi connectivity index (χ1) is 9.88. The first-order valence-corrected chi connectivity index (χ1v) is 5.90. The zero-order valence-corrected chi connectivity index (χ0v) is 14.8. The van der Waals surface area contributed by atoms with E-state index in [1.54, 1.807) is 12.2 Å². The Balaban J connectivity index is -0.000000257.